The zero-order valence-corrected chi connectivity index (χ0v) is 11.5. The first-order valence-corrected chi connectivity index (χ1v) is 7.52. The van der Waals surface area contributed by atoms with E-state index in [0.717, 1.165) is 31.2 Å². The van der Waals surface area contributed by atoms with E-state index in [2.05, 4.69) is 9.80 Å². The molecule has 3 rings (SSSR count). The van der Waals surface area contributed by atoms with Gasteiger partial charge in [0, 0.05) is 32.2 Å². The Morgan fingerprint density at radius 1 is 1.11 bits per heavy atom. The van der Waals surface area contributed by atoms with E-state index in [1.165, 1.54) is 32.4 Å². The summed E-state index contributed by atoms with van der Waals surface area (Å²) >= 11 is 0. The molecule has 0 saturated carbocycles. The number of benzene rings is 1. The first-order chi connectivity index (χ1) is 9.33. The van der Waals surface area contributed by atoms with E-state index < -0.39 is 0 Å². The van der Waals surface area contributed by atoms with Crippen LogP contribution in [-0.2, 0) is 0 Å². The van der Waals surface area contributed by atoms with Crippen LogP contribution in [0.3, 0.4) is 0 Å². The number of aliphatic hydroxyl groups excluding tert-OH is 1. The van der Waals surface area contributed by atoms with Crippen molar-refractivity contribution in [3.63, 3.8) is 0 Å². The highest BCUT2D eigenvalue weighted by atomic mass is 16.3. The van der Waals surface area contributed by atoms with Gasteiger partial charge in [-0.05, 0) is 24.9 Å². The first-order valence-electron chi connectivity index (χ1n) is 7.52. The van der Waals surface area contributed by atoms with Crippen molar-refractivity contribution in [2.75, 3.05) is 32.7 Å². The molecule has 3 heteroatoms. The summed E-state index contributed by atoms with van der Waals surface area (Å²) in [6, 6.07) is 10.8. The standard InChI is InChI=1S/C16H24N2O/c19-16(14-6-2-1-3-7-14)13-17-10-11-18-9-5-4-8-15(18)12-17/h1-3,6-7,15-16,19H,4-5,8-13H2. The van der Waals surface area contributed by atoms with E-state index in [4.69, 9.17) is 0 Å². The van der Waals surface area contributed by atoms with Crippen molar-refractivity contribution >= 4 is 0 Å². The summed E-state index contributed by atoms with van der Waals surface area (Å²) in [5.41, 5.74) is 1.04. The maximum atomic E-state index is 10.3. The van der Waals surface area contributed by atoms with Crippen molar-refractivity contribution in [2.24, 2.45) is 0 Å². The number of hydrogen-bond acceptors (Lipinski definition) is 3. The number of piperazine rings is 1. The number of piperidine rings is 1. The fourth-order valence-electron chi connectivity index (χ4n) is 3.41. The minimum absolute atomic E-state index is 0.351. The summed E-state index contributed by atoms with van der Waals surface area (Å²) in [6.07, 6.45) is 3.72. The summed E-state index contributed by atoms with van der Waals surface area (Å²) in [4.78, 5) is 5.07. The average molecular weight is 260 g/mol. The molecule has 2 heterocycles. The minimum Gasteiger partial charge on any atom is -0.387 e. The number of fused-ring (bicyclic) bond motifs is 1. The Morgan fingerprint density at radius 2 is 1.95 bits per heavy atom. The van der Waals surface area contributed by atoms with Crippen LogP contribution in [0.15, 0.2) is 30.3 Å². The number of hydrogen-bond donors (Lipinski definition) is 1. The van der Waals surface area contributed by atoms with Crippen LogP contribution in [-0.4, -0.2) is 53.7 Å². The lowest BCUT2D eigenvalue weighted by molar-refractivity contribution is 0.0234. The van der Waals surface area contributed by atoms with Crippen molar-refractivity contribution in [3.8, 4) is 0 Å². The second kappa shape index (κ2) is 6.04. The molecule has 1 N–H and O–H groups in total. The molecule has 2 aliphatic heterocycles. The maximum absolute atomic E-state index is 10.3. The lowest BCUT2D eigenvalue weighted by atomic mass is 9.99. The summed E-state index contributed by atoms with van der Waals surface area (Å²) in [6.45, 7) is 5.45. The molecule has 1 aromatic rings. The molecule has 0 amide bonds. The fourth-order valence-corrected chi connectivity index (χ4v) is 3.41. The monoisotopic (exact) mass is 260 g/mol. The molecule has 2 fully saturated rings. The average Bonchev–Trinajstić information content (AvgIpc) is 2.48. The lowest BCUT2D eigenvalue weighted by Crippen LogP contribution is -2.55. The number of β-amino-alcohol motifs (C(OH)–C–C–N with tert-alkyl or cyclic N) is 1. The van der Waals surface area contributed by atoms with Gasteiger partial charge in [-0.2, -0.15) is 0 Å². The molecule has 3 nitrogen and oxygen atoms in total. The predicted octanol–water partition coefficient (Wildman–Crippen LogP) is 1.89. The molecular weight excluding hydrogens is 236 g/mol. The third-order valence-corrected chi connectivity index (χ3v) is 4.54. The van der Waals surface area contributed by atoms with Crippen molar-refractivity contribution in [1.82, 2.24) is 9.80 Å². The van der Waals surface area contributed by atoms with Crippen LogP contribution in [0.25, 0.3) is 0 Å². The van der Waals surface area contributed by atoms with Gasteiger partial charge in [-0.15, -0.1) is 0 Å². The second-order valence-corrected chi connectivity index (χ2v) is 5.87. The van der Waals surface area contributed by atoms with Crippen LogP contribution in [0.2, 0.25) is 0 Å². The van der Waals surface area contributed by atoms with E-state index in [9.17, 15) is 5.11 Å². The molecule has 1 aromatic carbocycles. The Kier molecular flexibility index (Phi) is 4.16. The zero-order chi connectivity index (χ0) is 13.1. The quantitative estimate of drug-likeness (QED) is 0.899. The van der Waals surface area contributed by atoms with Gasteiger partial charge in [0.2, 0.25) is 0 Å². The SMILES string of the molecule is OC(CN1CCN2CCCCC2C1)c1ccccc1. The first kappa shape index (κ1) is 13.1. The summed E-state index contributed by atoms with van der Waals surface area (Å²) in [5, 5.41) is 10.3. The summed E-state index contributed by atoms with van der Waals surface area (Å²) < 4.78 is 0. The molecule has 0 bridgehead atoms. The predicted molar refractivity (Wildman–Crippen MR) is 77.1 cm³/mol. The number of rotatable bonds is 3. The van der Waals surface area contributed by atoms with Crippen molar-refractivity contribution in [2.45, 2.75) is 31.4 Å². The van der Waals surface area contributed by atoms with Crippen LogP contribution in [0.5, 0.6) is 0 Å². The topological polar surface area (TPSA) is 26.7 Å². The van der Waals surface area contributed by atoms with E-state index >= 15 is 0 Å². The molecule has 2 atom stereocenters. The van der Waals surface area contributed by atoms with Crippen LogP contribution in [0.4, 0.5) is 0 Å². The van der Waals surface area contributed by atoms with Gasteiger partial charge in [0.1, 0.15) is 0 Å². The van der Waals surface area contributed by atoms with Gasteiger partial charge in [0.05, 0.1) is 6.10 Å². The zero-order valence-electron chi connectivity index (χ0n) is 11.5. The Hall–Kier alpha value is -0.900. The molecule has 2 unspecified atom stereocenters. The van der Waals surface area contributed by atoms with Crippen LogP contribution < -0.4 is 0 Å². The van der Waals surface area contributed by atoms with Crippen LogP contribution >= 0.6 is 0 Å². The molecule has 2 aliphatic rings. The lowest BCUT2D eigenvalue weighted by Gasteiger charge is -2.44. The molecular formula is C16H24N2O. The van der Waals surface area contributed by atoms with Crippen LogP contribution in [0, 0.1) is 0 Å². The van der Waals surface area contributed by atoms with Crippen LogP contribution in [0.1, 0.15) is 30.9 Å². The minimum atomic E-state index is -0.351. The molecule has 19 heavy (non-hydrogen) atoms. The molecule has 0 spiro atoms. The normalized spacial score (nSPS) is 26.9. The Bertz CT molecular complexity index is 395. The molecule has 2 saturated heterocycles. The van der Waals surface area contributed by atoms with E-state index in [0.29, 0.717) is 0 Å². The molecule has 0 aromatic heterocycles. The van der Waals surface area contributed by atoms with Gasteiger partial charge in [0.15, 0.2) is 0 Å². The van der Waals surface area contributed by atoms with Crippen molar-refractivity contribution in [1.29, 1.82) is 0 Å². The van der Waals surface area contributed by atoms with E-state index in [1.807, 2.05) is 30.3 Å². The van der Waals surface area contributed by atoms with E-state index in [-0.39, 0.29) is 6.10 Å². The summed E-state index contributed by atoms with van der Waals surface area (Å²) in [7, 11) is 0. The third kappa shape index (κ3) is 3.16. The molecule has 104 valence electrons. The van der Waals surface area contributed by atoms with E-state index in [1.54, 1.807) is 0 Å². The fraction of sp³-hybridized carbons (Fsp3) is 0.625. The van der Waals surface area contributed by atoms with Crippen molar-refractivity contribution in [3.05, 3.63) is 35.9 Å². The van der Waals surface area contributed by atoms with Gasteiger partial charge < -0.3 is 5.11 Å². The van der Waals surface area contributed by atoms with Gasteiger partial charge >= 0.3 is 0 Å². The third-order valence-electron chi connectivity index (χ3n) is 4.54. The van der Waals surface area contributed by atoms with Crippen molar-refractivity contribution < 1.29 is 5.11 Å². The highest BCUT2D eigenvalue weighted by molar-refractivity contribution is 5.17. The summed E-state index contributed by atoms with van der Waals surface area (Å²) in [5.74, 6) is 0. The van der Waals surface area contributed by atoms with Gasteiger partial charge in [0.25, 0.3) is 0 Å². The second-order valence-electron chi connectivity index (χ2n) is 5.87. The van der Waals surface area contributed by atoms with Gasteiger partial charge in [-0.1, -0.05) is 36.8 Å². The van der Waals surface area contributed by atoms with Gasteiger partial charge in [-0.3, -0.25) is 9.80 Å². The molecule has 0 aliphatic carbocycles. The maximum Gasteiger partial charge on any atom is 0.0916 e. The highest BCUT2D eigenvalue weighted by Crippen LogP contribution is 2.22. The highest BCUT2D eigenvalue weighted by Gasteiger charge is 2.29. The number of nitrogens with zero attached hydrogens (tertiary/aromatic N) is 2. The Labute approximate surface area is 115 Å². The Morgan fingerprint density at radius 3 is 2.79 bits per heavy atom. The number of aliphatic hydroxyl groups is 1. The van der Waals surface area contributed by atoms with Gasteiger partial charge in [-0.25, -0.2) is 0 Å². The smallest absolute Gasteiger partial charge is 0.0916 e. The largest absolute Gasteiger partial charge is 0.387 e. The molecule has 0 radical (unpaired) electrons. The Balaban J connectivity index is 1.56.